The lowest BCUT2D eigenvalue weighted by molar-refractivity contribution is 0.589. The van der Waals surface area contributed by atoms with Crippen molar-refractivity contribution < 1.29 is 0 Å². The van der Waals surface area contributed by atoms with Gasteiger partial charge in [-0.15, -0.1) is 0 Å². The standard InChI is InChI=1S/C17H20N2/c1-17(2,3)13-7-8-14-12(10-13)11-16(19-14)15-6-4-5-9-18-15/h4-10,16,19H,11H2,1-3H3. The van der Waals surface area contributed by atoms with Crippen LogP contribution in [0.5, 0.6) is 0 Å². The van der Waals surface area contributed by atoms with Crippen molar-refractivity contribution >= 4 is 5.69 Å². The van der Waals surface area contributed by atoms with E-state index in [1.807, 2.05) is 18.3 Å². The fraction of sp³-hybridized carbons (Fsp3) is 0.353. The van der Waals surface area contributed by atoms with E-state index in [9.17, 15) is 0 Å². The third-order valence-electron chi connectivity index (χ3n) is 3.77. The van der Waals surface area contributed by atoms with Crippen molar-refractivity contribution in [1.29, 1.82) is 0 Å². The van der Waals surface area contributed by atoms with E-state index in [1.54, 1.807) is 0 Å². The first-order valence-corrected chi connectivity index (χ1v) is 6.85. The smallest absolute Gasteiger partial charge is 0.0726 e. The van der Waals surface area contributed by atoms with Crippen LogP contribution in [-0.2, 0) is 11.8 Å². The lowest BCUT2D eigenvalue weighted by Crippen LogP contribution is -2.10. The molecule has 0 spiro atoms. The van der Waals surface area contributed by atoms with Gasteiger partial charge in [0.25, 0.3) is 0 Å². The molecule has 0 amide bonds. The van der Waals surface area contributed by atoms with Crippen LogP contribution in [0.25, 0.3) is 0 Å². The highest BCUT2D eigenvalue weighted by Crippen LogP contribution is 2.36. The summed E-state index contributed by atoms with van der Waals surface area (Å²) in [6.07, 6.45) is 2.89. The van der Waals surface area contributed by atoms with E-state index >= 15 is 0 Å². The zero-order valence-corrected chi connectivity index (χ0v) is 11.8. The van der Waals surface area contributed by atoms with Crippen molar-refractivity contribution in [1.82, 2.24) is 4.98 Å². The molecule has 19 heavy (non-hydrogen) atoms. The second-order valence-corrected chi connectivity index (χ2v) is 6.28. The number of hydrogen-bond donors (Lipinski definition) is 1. The Morgan fingerprint density at radius 1 is 1.16 bits per heavy atom. The summed E-state index contributed by atoms with van der Waals surface area (Å²) in [5.41, 5.74) is 5.38. The van der Waals surface area contributed by atoms with Gasteiger partial charge < -0.3 is 5.32 Å². The average Bonchev–Trinajstić information content (AvgIpc) is 2.81. The third kappa shape index (κ3) is 2.35. The van der Waals surface area contributed by atoms with Gasteiger partial charge in [0, 0.05) is 18.3 Å². The summed E-state index contributed by atoms with van der Waals surface area (Å²) in [4.78, 5) is 4.45. The molecule has 1 N–H and O–H groups in total. The minimum atomic E-state index is 0.206. The van der Waals surface area contributed by atoms with Crippen LogP contribution in [0.15, 0.2) is 42.6 Å². The molecular weight excluding hydrogens is 232 g/mol. The summed E-state index contributed by atoms with van der Waals surface area (Å²) in [5.74, 6) is 0. The third-order valence-corrected chi connectivity index (χ3v) is 3.77. The molecule has 0 bridgehead atoms. The van der Waals surface area contributed by atoms with E-state index in [0.717, 1.165) is 12.1 Å². The second kappa shape index (κ2) is 4.37. The number of hydrogen-bond acceptors (Lipinski definition) is 2. The number of aromatic nitrogens is 1. The van der Waals surface area contributed by atoms with Crippen LogP contribution >= 0.6 is 0 Å². The van der Waals surface area contributed by atoms with Gasteiger partial charge in [-0.3, -0.25) is 4.98 Å². The van der Waals surface area contributed by atoms with E-state index in [2.05, 4.69) is 55.3 Å². The van der Waals surface area contributed by atoms with Gasteiger partial charge in [0.1, 0.15) is 0 Å². The first-order valence-electron chi connectivity index (χ1n) is 6.85. The van der Waals surface area contributed by atoms with Crippen LogP contribution in [-0.4, -0.2) is 4.98 Å². The van der Waals surface area contributed by atoms with E-state index in [0.29, 0.717) is 6.04 Å². The number of pyridine rings is 1. The zero-order chi connectivity index (χ0) is 13.5. The minimum absolute atomic E-state index is 0.206. The topological polar surface area (TPSA) is 24.9 Å². The van der Waals surface area contributed by atoms with Crippen LogP contribution in [0.2, 0.25) is 0 Å². The summed E-state index contributed by atoms with van der Waals surface area (Å²) in [7, 11) is 0. The summed E-state index contributed by atoms with van der Waals surface area (Å²) >= 11 is 0. The summed E-state index contributed by atoms with van der Waals surface area (Å²) in [6, 6.07) is 13.2. The first kappa shape index (κ1) is 12.2. The molecule has 1 aliphatic heterocycles. The maximum Gasteiger partial charge on any atom is 0.0726 e. The number of nitrogens with one attached hydrogen (secondary N) is 1. The van der Waals surface area contributed by atoms with Gasteiger partial charge in [0.15, 0.2) is 0 Å². The molecule has 1 aromatic carbocycles. The molecule has 2 aromatic rings. The maximum absolute atomic E-state index is 4.45. The molecule has 0 saturated carbocycles. The molecule has 98 valence electrons. The zero-order valence-electron chi connectivity index (χ0n) is 11.8. The second-order valence-electron chi connectivity index (χ2n) is 6.28. The van der Waals surface area contributed by atoms with Gasteiger partial charge >= 0.3 is 0 Å². The Bertz CT molecular complexity index is 582. The molecule has 0 aliphatic carbocycles. The molecule has 3 rings (SSSR count). The predicted molar refractivity (Wildman–Crippen MR) is 79.4 cm³/mol. The summed E-state index contributed by atoms with van der Waals surface area (Å²) in [5, 5.41) is 3.57. The van der Waals surface area contributed by atoms with Crippen molar-refractivity contribution in [3.05, 3.63) is 59.4 Å². The number of rotatable bonds is 1. The van der Waals surface area contributed by atoms with Crippen LogP contribution in [0.1, 0.15) is 43.6 Å². The number of nitrogens with zero attached hydrogens (tertiary/aromatic N) is 1. The molecule has 1 unspecified atom stereocenters. The fourth-order valence-electron chi connectivity index (χ4n) is 2.59. The quantitative estimate of drug-likeness (QED) is 0.827. The molecule has 0 radical (unpaired) electrons. The Kier molecular flexibility index (Phi) is 2.81. The van der Waals surface area contributed by atoms with E-state index in [4.69, 9.17) is 0 Å². The molecule has 2 heteroatoms. The van der Waals surface area contributed by atoms with E-state index < -0.39 is 0 Å². The predicted octanol–water partition coefficient (Wildman–Crippen LogP) is 4.09. The minimum Gasteiger partial charge on any atom is -0.376 e. The highest BCUT2D eigenvalue weighted by atomic mass is 15.0. The Morgan fingerprint density at radius 2 is 2.00 bits per heavy atom. The van der Waals surface area contributed by atoms with Crippen LogP contribution in [0.4, 0.5) is 5.69 Å². The SMILES string of the molecule is CC(C)(C)c1ccc2c(c1)CC(c1ccccn1)N2. The van der Waals surface area contributed by atoms with Gasteiger partial charge in [-0.25, -0.2) is 0 Å². The normalized spacial score (nSPS) is 17.9. The van der Waals surface area contributed by atoms with Crippen molar-refractivity contribution in [2.24, 2.45) is 0 Å². The summed E-state index contributed by atoms with van der Waals surface area (Å²) in [6.45, 7) is 6.77. The first-order chi connectivity index (χ1) is 9.04. The number of fused-ring (bicyclic) bond motifs is 1. The van der Waals surface area contributed by atoms with Crippen LogP contribution in [0, 0.1) is 0 Å². The Morgan fingerprint density at radius 3 is 2.68 bits per heavy atom. The lowest BCUT2D eigenvalue weighted by Gasteiger charge is -2.19. The molecule has 2 heterocycles. The Hall–Kier alpha value is -1.83. The highest BCUT2D eigenvalue weighted by molar-refractivity contribution is 5.59. The molecule has 1 aromatic heterocycles. The van der Waals surface area contributed by atoms with Crippen molar-refractivity contribution in [3.63, 3.8) is 0 Å². The maximum atomic E-state index is 4.45. The monoisotopic (exact) mass is 252 g/mol. The number of benzene rings is 1. The van der Waals surface area contributed by atoms with Crippen molar-refractivity contribution in [2.75, 3.05) is 5.32 Å². The van der Waals surface area contributed by atoms with Crippen LogP contribution < -0.4 is 5.32 Å². The molecule has 0 saturated heterocycles. The summed E-state index contributed by atoms with van der Waals surface area (Å²) < 4.78 is 0. The molecule has 1 aliphatic rings. The van der Waals surface area contributed by atoms with Gasteiger partial charge in [0.05, 0.1) is 11.7 Å². The molecular formula is C17H20N2. The van der Waals surface area contributed by atoms with Crippen molar-refractivity contribution in [3.8, 4) is 0 Å². The van der Waals surface area contributed by atoms with Gasteiger partial charge in [-0.2, -0.15) is 0 Å². The van der Waals surface area contributed by atoms with Crippen molar-refractivity contribution in [2.45, 2.75) is 38.6 Å². The fourth-order valence-corrected chi connectivity index (χ4v) is 2.59. The van der Waals surface area contributed by atoms with Gasteiger partial charge in [-0.1, -0.05) is 39.0 Å². The van der Waals surface area contributed by atoms with Gasteiger partial charge in [0.2, 0.25) is 0 Å². The average molecular weight is 252 g/mol. The highest BCUT2D eigenvalue weighted by Gasteiger charge is 2.24. The van der Waals surface area contributed by atoms with Crippen LogP contribution in [0.3, 0.4) is 0 Å². The molecule has 0 fully saturated rings. The van der Waals surface area contributed by atoms with E-state index in [-0.39, 0.29) is 5.41 Å². The Labute approximate surface area is 114 Å². The molecule has 2 nitrogen and oxygen atoms in total. The molecule has 1 atom stereocenters. The lowest BCUT2D eigenvalue weighted by atomic mass is 9.86. The number of anilines is 1. The van der Waals surface area contributed by atoms with E-state index in [1.165, 1.54) is 16.8 Å². The Balaban J connectivity index is 1.89. The van der Waals surface area contributed by atoms with Gasteiger partial charge in [-0.05, 0) is 34.7 Å². The largest absolute Gasteiger partial charge is 0.376 e.